The predicted molar refractivity (Wildman–Crippen MR) is 448 cm³/mol. The van der Waals surface area contributed by atoms with Gasteiger partial charge in [-0.1, -0.05) is 303 Å². The smallest absolute Gasteiger partial charge is 0.160 e. The molecule has 4 aliphatic carbocycles. The number of benzene rings is 15. The van der Waals surface area contributed by atoms with Gasteiger partial charge in [-0.15, -0.1) is 0 Å². The van der Waals surface area contributed by atoms with E-state index in [0.29, 0.717) is 11.6 Å². The molecule has 0 fully saturated rings. The van der Waals surface area contributed by atoms with Crippen LogP contribution in [0.15, 0.2) is 389 Å². The summed E-state index contributed by atoms with van der Waals surface area (Å²) in [5.41, 5.74) is 33.8. The number of hydrogen-bond acceptors (Lipinski definition) is 6. The molecule has 4 aliphatic rings. The molecular weight excluding hydrogens is 1330 g/mol. The third-order valence-electron chi connectivity index (χ3n) is 23.4. The van der Waals surface area contributed by atoms with Crippen molar-refractivity contribution >= 4 is 32.3 Å². The lowest BCUT2D eigenvalue weighted by atomic mass is 9.70. The topological polar surface area (TPSA) is 77.3 Å². The van der Waals surface area contributed by atoms with Crippen molar-refractivity contribution in [1.82, 2.24) is 29.9 Å². The van der Waals surface area contributed by atoms with Gasteiger partial charge in [0.15, 0.2) is 11.6 Å². The van der Waals surface area contributed by atoms with Gasteiger partial charge in [-0.3, -0.25) is 9.97 Å². The summed E-state index contributed by atoms with van der Waals surface area (Å²) in [5.74, 6) is 1.39. The summed E-state index contributed by atoms with van der Waals surface area (Å²) in [6.07, 6.45) is 7.44. The first-order valence-electron chi connectivity index (χ1n) is 37.6. The van der Waals surface area contributed by atoms with Gasteiger partial charge in [0.1, 0.15) is 0 Å². The maximum absolute atomic E-state index is 5.49. The summed E-state index contributed by atoms with van der Waals surface area (Å²) in [7, 11) is 0. The Hall–Kier alpha value is -14.5. The lowest BCUT2D eigenvalue weighted by Crippen LogP contribution is -2.25. The summed E-state index contributed by atoms with van der Waals surface area (Å²) in [6, 6.07) is 132. The molecule has 6 nitrogen and oxygen atoms in total. The molecule has 0 amide bonds. The number of hydrogen-bond donors (Lipinski definition) is 0. The molecule has 19 aromatic rings. The number of fused-ring (bicyclic) bond motifs is 24. The molecule has 6 heteroatoms. The van der Waals surface area contributed by atoms with Crippen LogP contribution in [0.3, 0.4) is 0 Å². The van der Waals surface area contributed by atoms with Gasteiger partial charge in [0, 0.05) is 69.3 Å². The molecule has 0 atom stereocenters. The molecule has 0 saturated heterocycles. The second-order valence-corrected chi connectivity index (χ2v) is 29.1. The first-order chi connectivity index (χ1) is 54.5. The zero-order valence-corrected chi connectivity index (χ0v) is 59.6. The van der Waals surface area contributed by atoms with E-state index in [1.807, 2.05) is 36.9 Å². The Morgan fingerprint density at radius 1 is 0.173 bits per heavy atom. The van der Waals surface area contributed by atoms with E-state index in [1.54, 1.807) is 0 Å². The molecule has 0 N–H and O–H groups in total. The van der Waals surface area contributed by atoms with Gasteiger partial charge in [0.25, 0.3) is 0 Å². The molecular formula is C104H64N6. The van der Waals surface area contributed by atoms with Gasteiger partial charge in [-0.05, 0) is 193 Å². The Bertz CT molecular complexity index is 6870. The summed E-state index contributed by atoms with van der Waals surface area (Å²) in [4.78, 5) is 30.4. The molecule has 110 heavy (non-hydrogen) atoms. The monoisotopic (exact) mass is 1400 g/mol. The molecule has 23 rings (SSSR count). The van der Waals surface area contributed by atoms with E-state index in [9.17, 15) is 0 Å². The van der Waals surface area contributed by atoms with Gasteiger partial charge < -0.3 is 0 Å². The van der Waals surface area contributed by atoms with Crippen molar-refractivity contribution in [2.75, 3.05) is 0 Å². The highest BCUT2D eigenvalue weighted by molar-refractivity contribution is 6.14. The third-order valence-corrected chi connectivity index (χ3v) is 23.4. The van der Waals surface area contributed by atoms with Gasteiger partial charge in [0.2, 0.25) is 0 Å². The van der Waals surface area contributed by atoms with Crippen LogP contribution in [0.1, 0.15) is 44.5 Å². The van der Waals surface area contributed by atoms with Crippen LogP contribution in [-0.2, 0) is 10.8 Å². The molecule has 510 valence electrons. The van der Waals surface area contributed by atoms with Crippen molar-refractivity contribution in [3.8, 4) is 135 Å². The van der Waals surface area contributed by atoms with Gasteiger partial charge in [-0.25, -0.2) is 19.9 Å². The Labute approximate surface area is 636 Å². The highest BCUT2D eigenvalue weighted by atomic mass is 14.9. The maximum atomic E-state index is 5.49. The molecule has 0 aliphatic heterocycles. The lowest BCUT2D eigenvalue weighted by molar-refractivity contribution is 0.794. The predicted octanol–water partition coefficient (Wildman–Crippen LogP) is 25.2. The Morgan fingerprint density at radius 2 is 0.518 bits per heavy atom. The van der Waals surface area contributed by atoms with Crippen LogP contribution >= 0.6 is 0 Å². The highest BCUT2D eigenvalue weighted by Gasteiger charge is 2.53. The van der Waals surface area contributed by atoms with Crippen molar-refractivity contribution in [2.45, 2.75) is 10.8 Å². The Balaban J connectivity index is 0.000000136. The Kier molecular flexibility index (Phi) is 14.3. The van der Waals surface area contributed by atoms with E-state index in [2.05, 4.69) is 362 Å². The first-order valence-corrected chi connectivity index (χ1v) is 37.6. The fourth-order valence-corrected chi connectivity index (χ4v) is 18.6. The fourth-order valence-electron chi connectivity index (χ4n) is 18.6. The van der Waals surface area contributed by atoms with Gasteiger partial charge in [-0.2, -0.15) is 0 Å². The SMILES string of the molecule is c1cncc(-c2cccc(-c3cc(-c4cc5ccccc5c5ccccc45)nc(-c4ccc5c(c4)C4(c6ccccc6-c6ccccc64)c4ccccc4-5)n3)c2)c1.c1cncc(-c2cccc(-c3cc(-c4ccc5ccccc5c4)nc(-c4ccc5c(c4)C4(c6ccccc6-c6ccccc64)c4ccccc4-5)n3)c2)c1. The lowest BCUT2D eigenvalue weighted by Gasteiger charge is -2.30. The number of pyridine rings is 2. The summed E-state index contributed by atoms with van der Waals surface area (Å²) in [5, 5.41) is 7.18. The van der Waals surface area contributed by atoms with E-state index in [1.165, 1.54) is 121 Å². The molecule has 2 spiro atoms. The van der Waals surface area contributed by atoms with E-state index < -0.39 is 10.8 Å². The van der Waals surface area contributed by atoms with E-state index in [0.717, 1.165) is 78.4 Å². The minimum Gasteiger partial charge on any atom is -0.264 e. The Morgan fingerprint density at radius 3 is 0.973 bits per heavy atom. The maximum Gasteiger partial charge on any atom is 0.160 e. The van der Waals surface area contributed by atoms with Crippen LogP contribution in [0.2, 0.25) is 0 Å². The number of rotatable bonds is 8. The number of aromatic nitrogens is 6. The normalized spacial score (nSPS) is 13.1. The van der Waals surface area contributed by atoms with Gasteiger partial charge in [0.05, 0.1) is 33.6 Å². The van der Waals surface area contributed by atoms with Crippen LogP contribution in [0, 0.1) is 0 Å². The zero-order valence-electron chi connectivity index (χ0n) is 59.6. The molecule has 0 unspecified atom stereocenters. The molecule has 4 heterocycles. The zero-order chi connectivity index (χ0) is 72.4. The molecule has 0 bridgehead atoms. The molecule has 15 aromatic carbocycles. The van der Waals surface area contributed by atoms with Crippen molar-refractivity contribution in [3.63, 3.8) is 0 Å². The van der Waals surface area contributed by atoms with Crippen molar-refractivity contribution < 1.29 is 0 Å². The van der Waals surface area contributed by atoms with Crippen molar-refractivity contribution in [1.29, 1.82) is 0 Å². The van der Waals surface area contributed by atoms with Crippen LogP contribution in [0.5, 0.6) is 0 Å². The van der Waals surface area contributed by atoms with Crippen LogP contribution in [-0.4, -0.2) is 29.9 Å². The minimum absolute atomic E-state index is 0.439. The van der Waals surface area contributed by atoms with Crippen LogP contribution in [0.25, 0.3) is 167 Å². The number of nitrogens with zero attached hydrogens (tertiary/aromatic N) is 6. The second kappa shape index (κ2) is 25.1. The quantitative estimate of drug-likeness (QED) is 0.141. The van der Waals surface area contributed by atoms with Crippen molar-refractivity contribution in [3.05, 3.63) is 433 Å². The van der Waals surface area contributed by atoms with Crippen molar-refractivity contribution in [2.24, 2.45) is 0 Å². The van der Waals surface area contributed by atoms with Crippen LogP contribution in [0.4, 0.5) is 0 Å². The van der Waals surface area contributed by atoms with E-state index in [4.69, 9.17) is 19.9 Å². The molecule has 0 saturated carbocycles. The standard InChI is InChI=1S/C54H33N3.C50H31N3/c1-2-17-39-35(13-1)30-46(41-19-4-3-18-40(39)41)52-32-51(36-15-11-14-34(29-36)38-16-12-28-55-33-38)56-53(57-52)37-26-27-45-44-22-7-10-25-49(44)54(50(45)31-37)47-23-8-5-20-42(47)43-21-6-9-24-48(43)54;1-2-12-33-27-36(23-22-32(33)11-1)48-30-47(35-14-9-13-34(28-35)38-15-10-26-51-31-38)52-49(53-48)37-24-25-42-41-18-5-8-21-45(41)50(46(42)29-37)43-19-6-3-16-39(43)40-17-4-7-20-44(40)50/h1-33H;1-31H. The minimum atomic E-state index is -0.456. The molecule has 0 radical (unpaired) electrons. The van der Waals surface area contributed by atoms with Crippen LogP contribution < -0.4 is 0 Å². The van der Waals surface area contributed by atoms with Gasteiger partial charge >= 0.3 is 0 Å². The van der Waals surface area contributed by atoms with E-state index >= 15 is 0 Å². The average Bonchev–Trinajstić information content (AvgIpc) is 1.54. The van der Waals surface area contributed by atoms with E-state index in [-0.39, 0.29) is 0 Å². The average molecular weight is 1400 g/mol. The largest absolute Gasteiger partial charge is 0.264 e. The first kappa shape index (κ1) is 62.9. The summed E-state index contributed by atoms with van der Waals surface area (Å²) < 4.78 is 0. The third kappa shape index (κ3) is 9.69. The summed E-state index contributed by atoms with van der Waals surface area (Å²) in [6.45, 7) is 0. The second-order valence-electron chi connectivity index (χ2n) is 29.1. The fraction of sp³-hybridized carbons (Fsp3) is 0.0192. The molecule has 4 aromatic heterocycles. The highest BCUT2D eigenvalue weighted by Crippen LogP contribution is 2.65. The summed E-state index contributed by atoms with van der Waals surface area (Å²) >= 11 is 0.